The van der Waals surface area contributed by atoms with Gasteiger partial charge in [0.15, 0.2) is 0 Å². The third-order valence-corrected chi connectivity index (χ3v) is 3.08. The maximum Gasteiger partial charge on any atom is 0.315 e. The number of urea groups is 1. The van der Waals surface area contributed by atoms with Crippen LogP contribution in [0.1, 0.15) is 46.5 Å². The second-order valence-corrected chi connectivity index (χ2v) is 5.77. The molecular weight excluding hydrogens is 274 g/mol. The molecule has 122 valence electrons. The van der Waals surface area contributed by atoms with Crippen molar-refractivity contribution in [2.45, 2.75) is 46.5 Å². The molecule has 0 aliphatic heterocycles. The molecular formula is C14H27N3O4. The highest BCUT2D eigenvalue weighted by molar-refractivity contribution is 5.83. The quantitative estimate of drug-likeness (QED) is 0.484. The van der Waals surface area contributed by atoms with Crippen LogP contribution in [0.15, 0.2) is 0 Å². The van der Waals surface area contributed by atoms with Gasteiger partial charge in [-0.2, -0.15) is 0 Å². The Morgan fingerprint density at radius 2 is 1.67 bits per heavy atom. The molecule has 0 saturated heterocycles. The zero-order chi connectivity index (χ0) is 16.3. The van der Waals surface area contributed by atoms with Crippen molar-refractivity contribution in [1.82, 2.24) is 16.0 Å². The van der Waals surface area contributed by atoms with Crippen LogP contribution in [0.3, 0.4) is 0 Å². The summed E-state index contributed by atoms with van der Waals surface area (Å²) in [6, 6.07) is -0.393. The van der Waals surface area contributed by atoms with E-state index in [0.717, 1.165) is 6.42 Å². The third kappa shape index (κ3) is 11.7. The standard InChI is InChI=1S/C14H27N3O4/c1-4-8-15-11(18)10-17-13(21)16-9-7-14(2,3)6-5-12(19)20/h4-10H2,1-3H3,(H,15,18)(H,19,20)(H2,16,17,21). The average molecular weight is 301 g/mol. The molecule has 0 radical (unpaired) electrons. The van der Waals surface area contributed by atoms with Crippen molar-refractivity contribution >= 4 is 17.9 Å². The van der Waals surface area contributed by atoms with Crippen molar-refractivity contribution in [3.8, 4) is 0 Å². The lowest BCUT2D eigenvalue weighted by atomic mass is 9.84. The van der Waals surface area contributed by atoms with Gasteiger partial charge in [-0.05, 0) is 24.7 Å². The fourth-order valence-electron chi connectivity index (χ4n) is 1.63. The van der Waals surface area contributed by atoms with E-state index in [-0.39, 0.29) is 24.3 Å². The van der Waals surface area contributed by atoms with Gasteiger partial charge in [0.2, 0.25) is 5.91 Å². The van der Waals surface area contributed by atoms with E-state index >= 15 is 0 Å². The molecule has 0 heterocycles. The molecule has 21 heavy (non-hydrogen) atoms. The summed E-state index contributed by atoms with van der Waals surface area (Å²) < 4.78 is 0. The molecule has 0 aromatic heterocycles. The number of carbonyl (C=O) groups excluding carboxylic acids is 2. The van der Waals surface area contributed by atoms with Crippen molar-refractivity contribution in [3.05, 3.63) is 0 Å². The van der Waals surface area contributed by atoms with Crippen LogP contribution in [0.5, 0.6) is 0 Å². The molecule has 7 heteroatoms. The van der Waals surface area contributed by atoms with E-state index in [9.17, 15) is 14.4 Å². The predicted molar refractivity (Wildman–Crippen MR) is 80.0 cm³/mol. The molecule has 0 spiro atoms. The Morgan fingerprint density at radius 3 is 2.24 bits per heavy atom. The van der Waals surface area contributed by atoms with Crippen LogP contribution in [-0.2, 0) is 9.59 Å². The lowest BCUT2D eigenvalue weighted by Gasteiger charge is -2.23. The van der Waals surface area contributed by atoms with Crippen LogP contribution >= 0.6 is 0 Å². The summed E-state index contributed by atoms with van der Waals surface area (Å²) in [5.74, 6) is -1.03. The number of amides is 3. The van der Waals surface area contributed by atoms with Crippen LogP contribution < -0.4 is 16.0 Å². The normalized spacial score (nSPS) is 10.8. The summed E-state index contributed by atoms with van der Waals surface area (Å²) >= 11 is 0. The van der Waals surface area contributed by atoms with Crippen LogP contribution in [0.4, 0.5) is 4.79 Å². The first-order valence-electron chi connectivity index (χ1n) is 7.27. The lowest BCUT2D eigenvalue weighted by molar-refractivity contribution is -0.137. The number of carbonyl (C=O) groups is 3. The molecule has 7 nitrogen and oxygen atoms in total. The summed E-state index contributed by atoms with van der Waals surface area (Å²) in [5, 5.41) is 16.4. The van der Waals surface area contributed by atoms with Gasteiger partial charge in [0.1, 0.15) is 0 Å². The van der Waals surface area contributed by atoms with Gasteiger partial charge in [0.05, 0.1) is 6.54 Å². The first-order chi connectivity index (χ1) is 9.76. The summed E-state index contributed by atoms with van der Waals surface area (Å²) in [6.07, 6.45) is 2.21. The Hall–Kier alpha value is -1.79. The van der Waals surface area contributed by atoms with Crippen molar-refractivity contribution in [1.29, 1.82) is 0 Å². The number of nitrogens with one attached hydrogen (secondary N) is 3. The van der Waals surface area contributed by atoms with Crippen molar-refractivity contribution in [2.24, 2.45) is 5.41 Å². The van der Waals surface area contributed by atoms with Gasteiger partial charge in [0.25, 0.3) is 0 Å². The van der Waals surface area contributed by atoms with E-state index in [1.54, 1.807) is 0 Å². The summed E-state index contributed by atoms with van der Waals surface area (Å²) in [5.41, 5.74) is -0.149. The second-order valence-electron chi connectivity index (χ2n) is 5.77. The van der Waals surface area contributed by atoms with Gasteiger partial charge in [-0.3, -0.25) is 9.59 Å². The van der Waals surface area contributed by atoms with Gasteiger partial charge in [0, 0.05) is 19.5 Å². The Bertz CT molecular complexity index is 356. The first-order valence-corrected chi connectivity index (χ1v) is 7.27. The van der Waals surface area contributed by atoms with Gasteiger partial charge in [-0.1, -0.05) is 20.8 Å². The number of hydrogen-bond donors (Lipinski definition) is 4. The van der Waals surface area contributed by atoms with Gasteiger partial charge < -0.3 is 21.1 Å². The number of hydrogen-bond acceptors (Lipinski definition) is 3. The molecule has 0 aromatic rings. The summed E-state index contributed by atoms with van der Waals surface area (Å²) in [4.78, 5) is 33.3. The monoisotopic (exact) mass is 301 g/mol. The molecule has 0 aliphatic rings. The largest absolute Gasteiger partial charge is 0.481 e. The highest BCUT2D eigenvalue weighted by Crippen LogP contribution is 2.25. The van der Waals surface area contributed by atoms with Gasteiger partial charge >= 0.3 is 12.0 Å². The van der Waals surface area contributed by atoms with E-state index in [1.165, 1.54) is 0 Å². The maximum atomic E-state index is 11.5. The smallest absolute Gasteiger partial charge is 0.315 e. The number of carboxylic acids is 1. The molecule has 0 atom stereocenters. The molecule has 0 aliphatic carbocycles. The van der Waals surface area contributed by atoms with Gasteiger partial charge in [-0.25, -0.2) is 4.79 Å². The summed E-state index contributed by atoms with van der Waals surface area (Å²) in [6.45, 7) is 6.87. The minimum absolute atomic E-state index is 0.0474. The molecule has 0 saturated carbocycles. The van der Waals surface area contributed by atoms with E-state index in [0.29, 0.717) is 25.9 Å². The number of rotatable bonds is 10. The molecule has 0 unspecified atom stereocenters. The van der Waals surface area contributed by atoms with Crippen LogP contribution in [-0.4, -0.2) is 42.6 Å². The maximum absolute atomic E-state index is 11.5. The van der Waals surface area contributed by atoms with Crippen molar-refractivity contribution in [3.63, 3.8) is 0 Å². The molecule has 0 fully saturated rings. The minimum atomic E-state index is -0.813. The Morgan fingerprint density at radius 1 is 1.00 bits per heavy atom. The van der Waals surface area contributed by atoms with Crippen LogP contribution in [0.25, 0.3) is 0 Å². The summed E-state index contributed by atoms with van der Waals surface area (Å²) in [7, 11) is 0. The van der Waals surface area contributed by atoms with E-state index in [1.807, 2.05) is 20.8 Å². The van der Waals surface area contributed by atoms with Crippen molar-refractivity contribution < 1.29 is 19.5 Å². The van der Waals surface area contributed by atoms with Crippen LogP contribution in [0.2, 0.25) is 0 Å². The number of carboxylic acid groups (broad SMARTS) is 1. The van der Waals surface area contributed by atoms with E-state index in [2.05, 4.69) is 16.0 Å². The molecule has 0 aromatic carbocycles. The second kappa shape index (κ2) is 10.0. The fourth-order valence-corrected chi connectivity index (χ4v) is 1.63. The Kier molecular flexibility index (Phi) is 9.16. The average Bonchev–Trinajstić information content (AvgIpc) is 2.40. The molecule has 4 N–H and O–H groups in total. The fraction of sp³-hybridized carbons (Fsp3) is 0.786. The Balaban J connectivity index is 3.78. The predicted octanol–water partition coefficient (Wildman–Crippen LogP) is 1.09. The first kappa shape index (κ1) is 19.2. The topological polar surface area (TPSA) is 108 Å². The van der Waals surface area contributed by atoms with Gasteiger partial charge in [-0.15, -0.1) is 0 Å². The molecule has 0 rings (SSSR count). The zero-order valence-corrected chi connectivity index (χ0v) is 13.1. The zero-order valence-electron chi connectivity index (χ0n) is 13.1. The Labute approximate surface area is 125 Å². The molecule has 0 bridgehead atoms. The highest BCUT2D eigenvalue weighted by Gasteiger charge is 2.19. The number of aliphatic carboxylic acids is 1. The van der Waals surface area contributed by atoms with E-state index < -0.39 is 12.0 Å². The SMILES string of the molecule is CCCNC(=O)CNC(=O)NCCC(C)(C)CCC(=O)O. The molecule has 3 amide bonds. The van der Waals surface area contributed by atoms with Crippen LogP contribution in [0, 0.1) is 5.41 Å². The van der Waals surface area contributed by atoms with E-state index in [4.69, 9.17) is 5.11 Å². The highest BCUT2D eigenvalue weighted by atomic mass is 16.4. The third-order valence-electron chi connectivity index (χ3n) is 3.08. The lowest BCUT2D eigenvalue weighted by Crippen LogP contribution is -2.42. The minimum Gasteiger partial charge on any atom is -0.481 e. The van der Waals surface area contributed by atoms with Crippen molar-refractivity contribution in [2.75, 3.05) is 19.6 Å².